The van der Waals surface area contributed by atoms with Gasteiger partial charge >= 0.3 is 0 Å². The molecule has 2 aliphatic rings. The minimum atomic E-state index is -0.466. The van der Waals surface area contributed by atoms with E-state index in [9.17, 15) is 4.79 Å². The summed E-state index contributed by atoms with van der Waals surface area (Å²) in [5.74, 6) is 0.232. The van der Waals surface area contributed by atoms with Crippen molar-refractivity contribution in [1.82, 2.24) is 4.90 Å². The fourth-order valence-corrected chi connectivity index (χ4v) is 2.81. The molecule has 1 saturated carbocycles. The van der Waals surface area contributed by atoms with Crippen LogP contribution in [0.3, 0.4) is 0 Å². The van der Waals surface area contributed by atoms with Gasteiger partial charge in [0.25, 0.3) is 0 Å². The van der Waals surface area contributed by atoms with E-state index in [1.54, 1.807) is 6.34 Å². The van der Waals surface area contributed by atoms with Crippen molar-refractivity contribution >= 4 is 17.8 Å². The summed E-state index contributed by atoms with van der Waals surface area (Å²) in [6.45, 7) is 10.8. The molecule has 1 heterocycles. The summed E-state index contributed by atoms with van der Waals surface area (Å²) in [5, 5.41) is 8.39. The van der Waals surface area contributed by atoms with Gasteiger partial charge in [-0.05, 0) is 27.7 Å². The van der Waals surface area contributed by atoms with Crippen molar-refractivity contribution in [1.29, 1.82) is 0 Å². The molecule has 0 unspecified atom stereocenters. The van der Waals surface area contributed by atoms with Gasteiger partial charge in [0.05, 0.1) is 29.8 Å². The highest BCUT2D eigenvalue weighted by atomic mass is 16.5. The SMILES string of the molecule is CC1(C)C(=O)C(C)(C)C1=NN=CN1CCOCC1. The Morgan fingerprint density at radius 1 is 1.17 bits per heavy atom. The van der Waals surface area contributed by atoms with E-state index in [4.69, 9.17) is 4.74 Å². The summed E-state index contributed by atoms with van der Waals surface area (Å²) >= 11 is 0. The Labute approximate surface area is 108 Å². The molecule has 0 atom stereocenters. The van der Waals surface area contributed by atoms with Crippen LogP contribution in [-0.2, 0) is 9.53 Å². The molecule has 1 aliphatic heterocycles. The molecular weight excluding hydrogens is 230 g/mol. The number of hydrogen-bond donors (Lipinski definition) is 0. The molecule has 0 aromatic rings. The second-order valence-corrected chi connectivity index (χ2v) is 5.91. The number of ketones is 1. The zero-order valence-corrected chi connectivity index (χ0v) is 11.6. The second-order valence-electron chi connectivity index (χ2n) is 5.91. The molecule has 5 nitrogen and oxygen atoms in total. The maximum atomic E-state index is 11.9. The first-order chi connectivity index (χ1) is 8.37. The van der Waals surface area contributed by atoms with E-state index < -0.39 is 10.8 Å². The van der Waals surface area contributed by atoms with Crippen molar-refractivity contribution in [2.75, 3.05) is 26.3 Å². The normalized spacial score (nSPS) is 26.3. The molecule has 18 heavy (non-hydrogen) atoms. The molecule has 0 aromatic carbocycles. The lowest BCUT2D eigenvalue weighted by atomic mass is 9.53. The first-order valence-electron chi connectivity index (χ1n) is 6.35. The minimum absolute atomic E-state index is 0.232. The van der Waals surface area contributed by atoms with Crippen LogP contribution in [0, 0.1) is 10.8 Å². The average Bonchev–Trinajstić information content (AvgIpc) is 2.34. The summed E-state index contributed by atoms with van der Waals surface area (Å²) in [6, 6.07) is 0. The van der Waals surface area contributed by atoms with Crippen molar-refractivity contribution in [2.45, 2.75) is 27.7 Å². The Hall–Kier alpha value is -1.23. The number of nitrogens with zero attached hydrogens (tertiary/aromatic N) is 3. The summed E-state index contributed by atoms with van der Waals surface area (Å²) in [7, 11) is 0. The molecule has 0 N–H and O–H groups in total. The number of carbonyl (C=O) groups excluding carboxylic acids is 1. The van der Waals surface area contributed by atoms with Gasteiger partial charge in [0.15, 0.2) is 5.78 Å². The Morgan fingerprint density at radius 2 is 1.72 bits per heavy atom. The van der Waals surface area contributed by atoms with Gasteiger partial charge in [-0.1, -0.05) is 0 Å². The van der Waals surface area contributed by atoms with Crippen LogP contribution in [-0.4, -0.2) is 49.0 Å². The molecule has 0 aromatic heterocycles. The van der Waals surface area contributed by atoms with Gasteiger partial charge in [0.2, 0.25) is 0 Å². The molecule has 2 rings (SSSR count). The largest absolute Gasteiger partial charge is 0.378 e. The monoisotopic (exact) mass is 251 g/mol. The van der Waals surface area contributed by atoms with Crippen LogP contribution < -0.4 is 0 Å². The molecule has 0 spiro atoms. The highest BCUT2D eigenvalue weighted by Crippen LogP contribution is 2.47. The number of carbonyl (C=O) groups is 1. The maximum Gasteiger partial charge on any atom is 0.155 e. The Balaban J connectivity index is 2.05. The molecule has 100 valence electrons. The molecule has 1 aliphatic carbocycles. The zero-order valence-electron chi connectivity index (χ0n) is 11.6. The fraction of sp³-hybridized carbons (Fsp3) is 0.769. The highest BCUT2D eigenvalue weighted by Gasteiger charge is 2.59. The maximum absolute atomic E-state index is 11.9. The van der Waals surface area contributed by atoms with E-state index in [0.29, 0.717) is 0 Å². The lowest BCUT2D eigenvalue weighted by molar-refractivity contribution is -0.134. The van der Waals surface area contributed by atoms with Crippen LogP contribution in [0.2, 0.25) is 0 Å². The van der Waals surface area contributed by atoms with Gasteiger partial charge in [0, 0.05) is 13.1 Å². The zero-order chi connectivity index (χ0) is 13.4. The van der Waals surface area contributed by atoms with Crippen molar-refractivity contribution in [3.8, 4) is 0 Å². The third-order valence-corrected chi connectivity index (χ3v) is 3.74. The summed E-state index contributed by atoms with van der Waals surface area (Å²) in [5.41, 5.74) is -0.0676. The quantitative estimate of drug-likeness (QED) is 0.423. The third-order valence-electron chi connectivity index (χ3n) is 3.74. The molecule has 0 amide bonds. The Bertz CT molecular complexity index is 384. The van der Waals surface area contributed by atoms with Gasteiger partial charge in [-0.2, -0.15) is 5.10 Å². The minimum Gasteiger partial charge on any atom is -0.378 e. The lowest BCUT2D eigenvalue weighted by Crippen LogP contribution is -2.61. The standard InChI is InChI=1S/C13H21N3O2/c1-12(2)10(13(3,4)11(12)17)15-14-9-16-5-7-18-8-6-16/h9H,5-8H2,1-4H3. The van der Waals surface area contributed by atoms with Crippen LogP contribution in [0.5, 0.6) is 0 Å². The van der Waals surface area contributed by atoms with Gasteiger partial charge in [-0.15, -0.1) is 5.10 Å². The summed E-state index contributed by atoms with van der Waals surface area (Å²) in [4.78, 5) is 14.0. The molecular formula is C13H21N3O2. The molecule has 0 radical (unpaired) electrons. The van der Waals surface area contributed by atoms with Crippen molar-refractivity contribution in [3.05, 3.63) is 0 Å². The summed E-state index contributed by atoms with van der Waals surface area (Å²) in [6.07, 6.45) is 1.74. The number of ether oxygens (including phenoxy) is 1. The van der Waals surface area contributed by atoms with Crippen LogP contribution in [0.15, 0.2) is 10.2 Å². The van der Waals surface area contributed by atoms with Crippen molar-refractivity contribution < 1.29 is 9.53 Å². The first-order valence-corrected chi connectivity index (χ1v) is 6.35. The van der Waals surface area contributed by atoms with Crippen LogP contribution >= 0.6 is 0 Å². The lowest BCUT2D eigenvalue weighted by Gasteiger charge is -2.47. The highest BCUT2D eigenvalue weighted by molar-refractivity contribution is 6.31. The number of Topliss-reactive ketones (excluding diaryl/α,β-unsaturated/α-hetero) is 1. The predicted molar refractivity (Wildman–Crippen MR) is 70.9 cm³/mol. The van der Waals surface area contributed by atoms with E-state index in [2.05, 4.69) is 15.1 Å². The number of rotatable bonds is 2. The van der Waals surface area contributed by atoms with Crippen molar-refractivity contribution in [3.63, 3.8) is 0 Å². The smallest absolute Gasteiger partial charge is 0.155 e. The van der Waals surface area contributed by atoms with E-state index >= 15 is 0 Å². The van der Waals surface area contributed by atoms with Crippen molar-refractivity contribution in [2.24, 2.45) is 21.0 Å². The predicted octanol–water partition coefficient (Wildman–Crippen LogP) is 1.34. The van der Waals surface area contributed by atoms with E-state index in [0.717, 1.165) is 32.0 Å². The first kappa shape index (κ1) is 13.2. The summed E-state index contributed by atoms with van der Waals surface area (Å²) < 4.78 is 5.26. The topological polar surface area (TPSA) is 54.3 Å². The number of morpholine rings is 1. The van der Waals surface area contributed by atoms with Gasteiger partial charge in [-0.25, -0.2) is 0 Å². The van der Waals surface area contributed by atoms with Crippen LogP contribution in [0.4, 0.5) is 0 Å². The van der Waals surface area contributed by atoms with Gasteiger partial charge in [-0.3, -0.25) is 4.79 Å². The Morgan fingerprint density at radius 3 is 2.28 bits per heavy atom. The fourth-order valence-electron chi connectivity index (χ4n) is 2.81. The van der Waals surface area contributed by atoms with Crippen LogP contribution in [0.25, 0.3) is 0 Å². The van der Waals surface area contributed by atoms with Crippen LogP contribution in [0.1, 0.15) is 27.7 Å². The molecule has 5 heteroatoms. The molecule has 1 saturated heterocycles. The second kappa shape index (κ2) is 4.46. The molecule has 0 bridgehead atoms. The molecule has 2 fully saturated rings. The average molecular weight is 251 g/mol. The van der Waals surface area contributed by atoms with E-state index in [1.807, 2.05) is 27.7 Å². The van der Waals surface area contributed by atoms with Gasteiger partial charge in [0.1, 0.15) is 6.34 Å². The number of hydrogen-bond acceptors (Lipinski definition) is 4. The Kier molecular flexibility index (Phi) is 3.27. The van der Waals surface area contributed by atoms with E-state index in [-0.39, 0.29) is 5.78 Å². The third kappa shape index (κ3) is 2.07. The van der Waals surface area contributed by atoms with E-state index in [1.165, 1.54) is 0 Å². The van der Waals surface area contributed by atoms with Gasteiger partial charge < -0.3 is 9.64 Å².